The molecule has 2 N–H and O–H groups in total. The molecule has 152 valence electrons. The van der Waals surface area contributed by atoms with Gasteiger partial charge in [-0.3, -0.25) is 0 Å². The zero-order valence-electron chi connectivity index (χ0n) is 15.3. The van der Waals surface area contributed by atoms with Crippen molar-refractivity contribution in [1.82, 2.24) is 0 Å². The number of rotatable bonds is 3. The minimum absolute atomic E-state index is 0.0579. The monoisotopic (exact) mass is 396 g/mol. The van der Waals surface area contributed by atoms with Gasteiger partial charge in [-0.05, 0) is 38.8 Å². The molecule has 0 fully saturated rings. The highest BCUT2D eigenvalue weighted by molar-refractivity contribution is 5.38. The van der Waals surface area contributed by atoms with E-state index in [1.165, 1.54) is 27.7 Å². The summed E-state index contributed by atoms with van der Waals surface area (Å²) in [5.41, 5.74) is -7.11. The van der Waals surface area contributed by atoms with Crippen LogP contribution >= 0.6 is 0 Å². The number of allylic oxidation sites excluding steroid dienone is 4. The second kappa shape index (κ2) is 6.24. The Labute approximate surface area is 153 Å². The normalized spacial score (nSPS) is 36.9. The Morgan fingerprint density at radius 1 is 0.778 bits per heavy atom. The molecule has 0 heterocycles. The molecule has 4 unspecified atom stereocenters. The first-order valence-electron chi connectivity index (χ1n) is 8.31. The molecule has 2 rings (SSSR count). The molecular weight excluding hydrogens is 374 g/mol. The summed E-state index contributed by atoms with van der Waals surface area (Å²) in [5.74, 6) is -9.59. The second-order valence-corrected chi connectivity index (χ2v) is 7.60. The Hall–Kier alpha value is -1.54. The number of halogens is 6. The average Bonchev–Trinajstić information content (AvgIpc) is 2.50. The van der Waals surface area contributed by atoms with Crippen LogP contribution in [-0.2, 0) is 0 Å². The van der Waals surface area contributed by atoms with Crippen LogP contribution in [0.4, 0.5) is 26.3 Å². The Balaban J connectivity index is 2.66. The van der Waals surface area contributed by atoms with Crippen molar-refractivity contribution in [3.8, 4) is 0 Å². The van der Waals surface area contributed by atoms with Crippen molar-refractivity contribution in [2.45, 2.75) is 56.7 Å². The van der Waals surface area contributed by atoms with Crippen molar-refractivity contribution in [3.05, 3.63) is 47.6 Å². The van der Waals surface area contributed by atoms with Gasteiger partial charge < -0.3 is 10.2 Å². The standard InChI is InChI=1S/C19H22F6O2/c1-11-9-13(5-7-15(11,3)26)17(20,18(21,22)19(23,24)25)14-6-8-16(4,27)12(2)10-14/h5-10,13-14,26-27H,1-4H3. The molecule has 0 aromatic heterocycles. The predicted octanol–water partition coefficient (Wildman–Crippen LogP) is 4.66. The third-order valence-corrected chi connectivity index (χ3v) is 5.52. The summed E-state index contributed by atoms with van der Waals surface area (Å²) in [5, 5.41) is 20.1. The minimum atomic E-state index is -6.13. The number of aliphatic hydroxyl groups is 2. The highest BCUT2D eigenvalue weighted by atomic mass is 19.4. The number of hydrogen-bond acceptors (Lipinski definition) is 2. The zero-order chi connectivity index (χ0) is 21.1. The van der Waals surface area contributed by atoms with Crippen LogP contribution < -0.4 is 0 Å². The fourth-order valence-corrected chi connectivity index (χ4v) is 3.21. The van der Waals surface area contributed by atoms with Gasteiger partial charge in [0, 0.05) is 11.8 Å². The molecule has 2 aliphatic rings. The van der Waals surface area contributed by atoms with E-state index in [1.54, 1.807) is 0 Å². The Kier molecular flexibility index (Phi) is 5.03. The first kappa shape index (κ1) is 21.8. The summed E-state index contributed by atoms with van der Waals surface area (Å²) in [6, 6.07) is 0. The Bertz CT molecular complexity index is 679. The molecule has 8 heteroatoms. The highest BCUT2D eigenvalue weighted by Crippen LogP contribution is 2.55. The van der Waals surface area contributed by atoms with Crippen molar-refractivity contribution in [2.75, 3.05) is 0 Å². The number of alkyl halides is 6. The molecule has 0 saturated carbocycles. The third-order valence-electron chi connectivity index (χ3n) is 5.52. The van der Waals surface area contributed by atoms with E-state index in [1.807, 2.05) is 0 Å². The summed E-state index contributed by atoms with van der Waals surface area (Å²) < 4.78 is 84.2. The van der Waals surface area contributed by atoms with E-state index in [2.05, 4.69) is 0 Å². The van der Waals surface area contributed by atoms with Crippen molar-refractivity contribution in [3.63, 3.8) is 0 Å². The predicted molar refractivity (Wildman–Crippen MR) is 88.9 cm³/mol. The van der Waals surface area contributed by atoms with E-state index in [0.29, 0.717) is 0 Å². The van der Waals surface area contributed by atoms with E-state index in [9.17, 15) is 32.2 Å². The van der Waals surface area contributed by atoms with Gasteiger partial charge in [0.2, 0.25) is 5.67 Å². The lowest BCUT2D eigenvalue weighted by Gasteiger charge is -2.44. The molecule has 0 aromatic rings. The van der Waals surface area contributed by atoms with Gasteiger partial charge >= 0.3 is 12.1 Å². The topological polar surface area (TPSA) is 40.5 Å². The van der Waals surface area contributed by atoms with Crippen molar-refractivity contribution in [1.29, 1.82) is 0 Å². The average molecular weight is 396 g/mol. The van der Waals surface area contributed by atoms with Crippen LogP contribution in [0.3, 0.4) is 0 Å². The molecule has 0 aromatic carbocycles. The minimum Gasteiger partial charge on any atom is -0.382 e. The van der Waals surface area contributed by atoms with E-state index < -0.39 is 40.8 Å². The van der Waals surface area contributed by atoms with Crippen LogP contribution in [0.2, 0.25) is 0 Å². The van der Waals surface area contributed by atoms with Crippen LogP contribution in [0.1, 0.15) is 27.7 Å². The van der Waals surface area contributed by atoms with Gasteiger partial charge in [-0.15, -0.1) is 0 Å². The first-order valence-corrected chi connectivity index (χ1v) is 8.31. The molecule has 0 bridgehead atoms. The van der Waals surface area contributed by atoms with Crippen LogP contribution in [-0.4, -0.2) is 39.2 Å². The van der Waals surface area contributed by atoms with E-state index in [4.69, 9.17) is 0 Å². The van der Waals surface area contributed by atoms with Crippen molar-refractivity contribution < 1.29 is 36.6 Å². The van der Waals surface area contributed by atoms with E-state index >= 15 is 4.39 Å². The van der Waals surface area contributed by atoms with Gasteiger partial charge in [-0.2, -0.15) is 22.0 Å². The molecule has 0 spiro atoms. The molecule has 4 atom stereocenters. The summed E-state index contributed by atoms with van der Waals surface area (Å²) in [4.78, 5) is 0. The highest BCUT2D eigenvalue weighted by Gasteiger charge is 2.75. The third kappa shape index (κ3) is 3.38. The van der Waals surface area contributed by atoms with E-state index in [-0.39, 0.29) is 11.1 Å². The first-order chi connectivity index (χ1) is 12.0. The summed E-state index contributed by atoms with van der Waals surface area (Å²) >= 11 is 0. The molecule has 0 amide bonds. The molecule has 0 saturated heterocycles. The van der Waals surface area contributed by atoms with Gasteiger partial charge in [-0.25, -0.2) is 4.39 Å². The second-order valence-electron chi connectivity index (χ2n) is 7.60. The van der Waals surface area contributed by atoms with Crippen molar-refractivity contribution in [2.24, 2.45) is 11.8 Å². The SMILES string of the molecule is CC1=CC(C(F)(C2C=CC(C)(O)C(C)=C2)C(F)(F)C(F)(F)F)C=CC1(C)O. The van der Waals surface area contributed by atoms with E-state index in [0.717, 1.165) is 36.5 Å². The Morgan fingerprint density at radius 3 is 1.37 bits per heavy atom. The molecule has 0 aliphatic heterocycles. The van der Waals surface area contributed by atoms with Gasteiger partial charge in [0.25, 0.3) is 0 Å². The molecule has 0 radical (unpaired) electrons. The van der Waals surface area contributed by atoms with Gasteiger partial charge in [0.15, 0.2) is 0 Å². The number of hydrogen-bond donors (Lipinski definition) is 2. The van der Waals surface area contributed by atoms with Crippen LogP contribution in [0.5, 0.6) is 0 Å². The summed E-state index contributed by atoms with van der Waals surface area (Å²) in [7, 11) is 0. The maximum absolute atomic E-state index is 15.9. The summed E-state index contributed by atoms with van der Waals surface area (Å²) in [6.07, 6.45) is -0.674. The quantitative estimate of drug-likeness (QED) is 0.538. The van der Waals surface area contributed by atoms with Crippen molar-refractivity contribution >= 4 is 0 Å². The maximum Gasteiger partial charge on any atom is 0.456 e. The smallest absolute Gasteiger partial charge is 0.382 e. The molecular formula is C19H22F6O2. The Morgan fingerprint density at radius 2 is 1.11 bits per heavy atom. The van der Waals surface area contributed by atoms with Gasteiger partial charge in [0.05, 0.1) is 0 Å². The molecule has 2 nitrogen and oxygen atoms in total. The molecule has 27 heavy (non-hydrogen) atoms. The maximum atomic E-state index is 15.9. The lowest BCUT2D eigenvalue weighted by atomic mass is 9.67. The lowest BCUT2D eigenvalue weighted by Crippen LogP contribution is -2.61. The van der Waals surface area contributed by atoms with Crippen LogP contribution in [0, 0.1) is 11.8 Å². The van der Waals surface area contributed by atoms with Gasteiger partial charge in [-0.1, -0.05) is 36.5 Å². The fourth-order valence-electron chi connectivity index (χ4n) is 3.21. The summed E-state index contributed by atoms with van der Waals surface area (Å²) in [6.45, 7) is 5.28. The zero-order valence-corrected chi connectivity index (χ0v) is 15.3. The lowest BCUT2D eigenvalue weighted by molar-refractivity contribution is -0.336. The van der Waals surface area contributed by atoms with Gasteiger partial charge in [0.1, 0.15) is 11.2 Å². The van der Waals surface area contributed by atoms with Crippen LogP contribution in [0.25, 0.3) is 0 Å². The van der Waals surface area contributed by atoms with Crippen LogP contribution in [0.15, 0.2) is 47.6 Å². The molecule has 2 aliphatic carbocycles. The fraction of sp³-hybridized carbons (Fsp3) is 0.579. The largest absolute Gasteiger partial charge is 0.456 e.